The van der Waals surface area contributed by atoms with Gasteiger partial charge >= 0.3 is 0 Å². The molecule has 2 aliphatic rings. The molecule has 0 saturated carbocycles. The fraction of sp³-hybridized carbons (Fsp3) is 0.120. The third-order valence-electron chi connectivity index (χ3n) is 5.93. The SMILES string of the molecule is COc1ccc(C2C3=C(Nc4ncnn42)c2ccccc2OC3c2ccc(Br)cc2)cc1. The zero-order valence-corrected chi connectivity index (χ0v) is 18.8. The second kappa shape index (κ2) is 7.53. The smallest absolute Gasteiger partial charge is 0.226 e. The molecule has 4 aromatic rings. The summed E-state index contributed by atoms with van der Waals surface area (Å²) in [6, 6.07) is 24.3. The first-order valence-corrected chi connectivity index (χ1v) is 11.1. The highest BCUT2D eigenvalue weighted by molar-refractivity contribution is 9.10. The van der Waals surface area contributed by atoms with Crippen LogP contribution >= 0.6 is 15.9 Å². The van der Waals surface area contributed by atoms with Gasteiger partial charge < -0.3 is 14.8 Å². The van der Waals surface area contributed by atoms with Gasteiger partial charge in [0.15, 0.2) is 0 Å². The fourth-order valence-electron chi connectivity index (χ4n) is 4.44. The Kier molecular flexibility index (Phi) is 4.50. The van der Waals surface area contributed by atoms with Gasteiger partial charge in [-0.05, 0) is 47.5 Å². The van der Waals surface area contributed by atoms with Crippen LogP contribution in [0.1, 0.15) is 28.8 Å². The molecular weight excluding hydrogens is 468 g/mol. The lowest BCUT2D eigenvalue weighted by molar-refractivity contribution is 0.223. The number of hydrogen-bond acceptors (Lipinski definition) is 5. The van der Waals surface area contributed by atoms with E-state index in [0.29, 0.717) is 5.95 Å². The molecule has 32 heavy (non-hydrogen) atoms. The Labute approximate surface area is 193 Å². The van der Waals surface area contributed by atoms with Gasteiger partial charge in [-0.1, -0.05) is 52.3 Å². The number of aromatic nitrogens is 3. The average Bonchev–Trinajstić information content (AvgIpc) is 3.31. The van der Waals surface area contributed by atoms with Crippen molar-refractivity contribution in [3.63, 3.8) is 0 Å². The Bertz CT molecular complexity index is 1330. The second-order valence-electron chi connectivity index (χ2n) is 7.70. The average molecular weight is 487 g/mol. The second-order valence-corrected chi connectivity index (χ2v) is 8.62. The van der Waals surface area contributed by atoms with Crippen LogP contribution in [0.25, 0.3) is 5.70 Å². The van der Waals surface area contributed by atoms with Crippen LogP contribution in [0.15, 0.2) is 89.2 Å². The van der Waals surface area contributed by atoms with Crippen LogP contribution in [-0.2, 0) is 0 Å². The lowest BCUT2D eigenvalue weighted by Gasteiger charge is -2.39. The van der Waals surface area contributed by atoms with Crippen molar-refractivity contribution in [2.24, 2.45) is 0 Å². The van der Waals surface area contributed by atoms with Crippen LogP contribution in [0.4, 0.5) is 5.95 Å². The fourth-order valence-corrected chi connectivity index (χ4v) is 4.70. The summed E-state index contributed by atoms with van der Waals surface area (Å²) in [4.78, 5) is 4.47. The molecule has 0 aliphatic carbocycles. The molecule has 2 unspecified atom stereocenters. The monoisotopic (exact) mass is 486 g/mol. The summed E-state index contributed by atoms with van der Waals surface area (Å²) in [6.07, 6.45) is 1.29. The summed E-state index contributed by atoms with van der Waals surface area (Å²) < 4.78 is 14.9. The van der Waals surface area contributed by atoms with E-state index >= 15 is 0 Å². The van der Waals surface area contributed by atoms with Crippen LogP contribution in [0, 0.1) is 0 Å². The third kappa shape index (κ3) is 3.00. The maximum absolute atomic E-state index is 6.62. The molecule has 0 fully saturated rings. The van der Waals surface area contributed by atoms with E-state index in [0.717, 1.165) is 43.9 Å². The molecule has 6 rings (SSSR count). The van der Waals surface area contributed by atoms with Crippen LogP contribution in [-0.4, -0.2) is 21.9 Å². The standard InChI is InChI=1S/C25H19BrN4O2/c1-31-18-12-8-15(9-13-18)23-21-22(29-25-27-14-28-30(23)25)19-4-2-3-5-20(19)32-24(21)16-6-10-17(26)11-7-16/h2-14,23-24H,1H3,(H,27,28,29). The van der Waals surface area contributed by atoms with Crippen molar-refractivity contribution < 1.29 is 9.47 Å². The molecular formula is C25H19BrN4O2. The van der Waals surface area contributed by atoms with E-state index in [4.69, 9.17) is 9.47 Å². The number of nitrogens with one attached hydrogen (secondary N) is 1. The molecule has 1 N–H and O–H groups in total. The molecule has 6 nitrogen and oxygen atoms in total. The maximum Gasteiger partial charge on any atom is 0.226 e. The molecule has 3 aromatic carbocycles. The highest BCUT2D eigenvalue weighted by Crippen LogP contribution is 2.50. The van der Waals surface area contributed by atoms with E-state index in [2.05, 4.69) is 61.7 Å². The first kappa shape index (κ1) is 19.1. The first-order chi connectivity index (χ1) is 15.7. The zero-order valence-electron chi connectivity index (χ0n) is 17.2. The molecule has 0 bridgehead atoms. The van der Waals surface area contributed by atoms with Gasteiger partial charge in [-0.3, -0.25) is 0 Å². The number of para-hydroxylation sites is 1. The summed E-state index contributed by atoms with van der Waals surface area (Å²) in [6.45, 7) is 0. The van der Waals surface area contributed by atoms with Crippen LogP contribution < -0.4 is 14.8 Å². The maximum atomic E-state index is 6.62. The Hall–Kier alpha value is -3.58. The predicted molar refractivity (Wildman–Crippen MR) is 126 cm³/mol. The lowest BCUT2D eigenvalue weighted by Crippen LogP contribution is -2.32. The van der Waals surface area contributed by atoms with Crippen LogP contribution in [0.2, 0.25) is 0 Å². The van der Waals surface area contributed by atoms with E-state index in [1.54, 1.807) is 13.4 Å². The molecule has 0 spiro atoms. The number of rotatable bonds is 3. The van der Waals surface area contributed by atoms with Crippen molar-refractivity contribution in [2.75, 3.05) is 12.4 Å². The lowest BCUT2D eigenvalue weighted by atomic mass is 9.84. The van der Waals surface area contributed by atoms with Gasteiger partial charge in [0.1, 0.15) is 30.0 Å². The Morgan fingerprint density at radius 1 is 0.969 bits per heavy atom. The Balaban J connectivity index is 1.60. The minimum atomic E-state index is -0.287. The van der Waals surface area contributed by atoms with Gasteiger partial charge in [0.2, 0.25) is 5.95 Å². The number of nitrogens with zero attached hydrogens (tertiary/aromatic N) is 3. The molecule has 0 radical (unpaired) electrons. The van der Waals surface area contributed by atoms with Gasteiger partial charge in [0.05, 0.1) is 12.8 Å². The molecule has 7 heteroatoms. The van der Waals surface area contributed by atoms with E-state index in [1.807, 2.05) is 47.1 Å². The molecule has 1 aromatic heterocycles. The summed E-state index contributed by atoms with van der Waals surface area (Å²) in [7, 11) is 1.67. The number of fused-ring (bicyclic) bond motifs is 3. The highest BCUT2D eigenvalue weighted by Gasteiger charge is 2.40. The van der Waals surface area contributed by atoms with Crippen molar-refractivity contribution in [3.8, 4) is 11.5 Å². The number of halogens is 1. The molecule has 158 valence electrons. The topological polar surface area (TPSA) is 61.2 Å². The van der Waals surface area contributed by atoms with Crippen molar-refractivity contribution in [3.05, 3.63) is 106 Å². The largest absolute Gasteiger partial charge is 0.497 e. The van der Waals surface area contributed by atoms with Crippen LogP contribution in [0.5, 0.6) is 11.5 Å². The van der Waals surface area contributed by atoms with Gasteiger partial charge in [0, 0.05) is 15.6 Å². The molecule has 2 aliphatic heterocycles. The molecule has 3 heterocycles. The number of methoxy groups -OCH3 is 1. The number of benzene rings is 3. The van der Waals surface area contributed by atoms with Gasteiger partial charge in [-0.2, -0.15) is 10.1 Å². The summed E-state index contributed by atoms with van der Waals surface area (Å²) in [5, 5.41) is 8.08. The number of anilines is 1. The predicted octanol–water partition coefficient (Wildman–Crippen LogP) is 5.61. The van der Waals surface area contributed by atoms with Crippen molar-refractivity contribution >= 4 is 27.6 Å². The molecule has 2 atom stereocenters. The highest BCUT2D eigenvalue weighted by atomic mass is 79.9. The van der Waals surface area contributed by atoms with Crippen molar-refractivity contribution in [2.45, 2.75) is 12.1 Å². The van der Waals surface area contributed by atoms with Gasteiger partial charge in [-0.25, -0.2) is 4.68 Å². The number of hydrogen-bond donors (Lipinski definition) is 1. The molecule has 0 saturated heterocycles. The van der Waals surface area contributed by atoms with Crippen molar-refractivity contribution in [1.82, 2.24) is 14.8 Å². The number of ether oxygens (including phenoxy) is 2. The Morgan fingerprint density at radius 3 is 2.50 bits per heavy atom. The summed E-state index contributed by atoms with van der Waals surface area (Å²) in [5.74, 6) is 2.36. The first-order valence-electron chi connectivity index (χ1n) is 10.3. The van der Waals surface area contributed by atoms with E-state index < -0.39 is 0 Å². The van der Waals surface area contributed by atoms with Gasteiger partial charge in [0.25, 0.3) is 0 Å². The van der Waals surface area contributed by atoms with Crippen LogP contribution in [0.3, 0.4) is 0 Å². The van der Waals surface area contributed by atoms with Gasteiger partial charge in [-0.15, -0.1) is 0 Å². The van der Waals surface area contributed by atoms with E-state index in [9.17, 15) is 0 Å². The third-order valence-corrected chi connectivity index (χ3v) is 6.45. The summed E-state index contributed by atoms with van der Waals surface area (Å²) in [5.41, 5.74) is 5.27. The summed E-state index contributed by atoms with van der Waals surface area (Å²) >= 11 is 3.54. The zero-order chi connectivity index (χ0) is 21.7. The minimum Gasteiger partial charge on any atom is -0.497 e. The van der Waals surface area contributed by atoms with E-state index in [-0.39, 0.29) is 12.1 Å². The quantitative estimate of drug-likeness (QED) is 0.407. The van der Waals surface area contributed by atoms with Crippen molar-refractivity contribution in [1.29, 1.82) is 0 Å². The normalized spacial score (nSPS) is 18.7. The molecule has 0 amide bonds. The Morgan fingerprint density at radius 2 is 1.72 bits per heavy atom. The minimum absolute atomic E-state index is 0.184. The van der Waals surface area contributed by atoms with E-state index in [1.165, 1.54) is 0 Å².